The van der Waals surface area contributed by atoms with Crippen molar-refractivity contribution < 1.29 is 19.0 Å². The van der Waals surface area contributed by atoms with Crippen LogP contribution in [0, 0.1) is 0 Å². The van der Waals surface area contributed by atoms with Gasteiger partial charge in [-0.05, 0) is 6.42 Å². The van der Waals surface area contributed by atoms with Crippen molar-refractivity contribution in [3.63, 3.8) is 0 Å². The van der Waals surface area contributed by atoms with E-state index in [2.05, 4.69) is 6.92 Å². The molecule has 4 heteroatoms. The van der Waals surface area contributed by atoms with Crippen LogP contribution in [-0.4, -0.2) is 39.0 Å². The highest BCUT2D eigenvalue weighted by Gasteiger charge is 1.97. The lowest BCUT2D eigenvalue weighted by atomic mass is 10.2. The quantitative estimate of drug-likeness (QED) is 0.392. The molecule has 0 radical (unpaired) electrons. The van der Waals surface area contributed by atoms with Gasteiger partial charge in [-0.3, -0.25) is 4.79 Å². The Labute approximate surface area is 105 Å². The van der Waals surface area contributed by atoms with Gasteiger partial charge in [0.2, 0.25) is 0 Å². The summed E-state index contributed by atoms with van der Waals surface area (Å²) in [5.41, 5.74) is 0. The van der Waals surface area contributed by atoms with Crippen LogP contribution in [0.15, 0.2) is 0 Å². The smallest absolute Gasteiger partial charge is 0.305 e. The normalized spacial score (nSPS) is 10.5. The number of ether oxygens (including phenoxy) is 3. The fourth-order valence-corrected chi connectivity index (χ4v) is 1.27. The van der Waals surface area contributed by atoms with E-state index in [-0.39, 0.29) is 5.97 Å². The first-order valence-electron chi connectivity index (χ1n) is 6.62. The lowest BCUT2D eigenvalue weighted by Crippen LogP contribution is -2.12. The van der Waals surface area contributed by atoms with E-state index in [1.807, 2.05) is 0 Å². The van der Waals surface area contributed by atoms with Crippen LogP contribution in [0.2, 0.25) is 0 Å². The maximum atomic E-state index is 10.8. The molecule has 0 aromatic carbocycles. The second-order valence-electron chi connectivity index (χ2n) is 3.86. The molecule has 0 aliphatic carbocycles. The van der Waals surface area contributed by atoms with Crippen LogP contribution in [0.5, 0.6) is 0 Å². The first-order valence-corrected chi connectivity index (χ1v) is 6.62. The molecule has 0 spiro atoms. The van der Waals surface area contributed by atoms with E-state index in [1.165, 1.54) is 19.3 Å². The molecular formula is C13H26O4. The summed E-state index contributed by atoms with van der Waals surface area (Å²) < 4.78 is 15.5. The molecule has 0 rings (SSSR count). The van der Waals surface area contributed by atoms with Crippen LogP contribution in [0.1, 0.15) is 46.0 Å². The van der Waals surface area contributed by atoms with Crippen molar-refractivity contribution in [2.45, 2.75) is 46.0 Å². The fraction of sp³-hybridized carbons (Fsp3) is 0.923. The minimum atomic E-state index is -0.180. The molecule has 102 valence electrons. The molecule has 0 N–H and O–H groups in total. The lowest BCUT2D eigenvalue weighted by molar-refractivity contribution is -0.144. The number of carbonyl (C=O) groups is 1. The number of carbonyl (C=O) groups excluding carboxylic acids is 1. The number of esters is 1. The second kappa shape index (κ2) is 13.5. The Morgan fingerprint density at radius 3 is 2.12 bits per heavy atom. The molecule has 0 aliphatic rings. The Balaban J connectivity index is 2.96. The van der Waals surface area contributed by atoms with Gasteiger partial charge < -0.3 is 14.2 Å². The SMILES string of the molecule is CCCCCCOCCOCCOC(=O)CC. The van der Waals surface area contributed by atoms with Crippen molar-refractivity contribution in [3.05, 3.63) is 0 Å². The maximum Gasteiger partial charge on any atom is 0.305 e. The summed E-state index contributed by atoms with van der Waals surface area (Å²) in [6.45, 7) is 6.75. The van der Waals surface area contributed by atoms with Gasteiger partial charge in [0.15, 0.2) is 0 Å². The summed E-state index contributed by atoms with van der Waals surface area (Å²) in [7, 11) is 0. The van der Waals surface area contributed by atoms with Crippen LogP contribution in [-0.2, 0) is 19.0 Å². The van der Waals surface area contributed by atoms with Crippen LogP contribution in [0.3, 0.4) is 0 Å². The molecule has 0 heterocycles. The Kier molecular flexibility index (Phi) is 13.0. The third kappa shape index (κ3) is 13.3. The zero-order valence-corrected chi connectivity index (χ0v) is 11.2. The van der Waals surface area contributed by atoms with Crippen LogP contribution in [0.25, 0.3) is 0 Å². The molecular weight excluding hydrogens is 220 g/mol. The van der Waals surface area contributed by atoms with E-state index in [0.29, 0.717) is 32.8 Å². The Morgan fingerprint density at radius 1 is 0.824 bits per heavy atom. The highest BCUT2D eigenvalue weighted by atomic mass is 16.6. The Morgan fingerprint density at radius 2 is 1.47 bits per heavy atom. The van der Waals surface area contributed by atoms with Gasteiger partial charge in [0, 0.05) is 13.0 Å². The zero-order valence-electron chi connectivity index (χ0n) is 11.2. The molecule has 0 bridgehead atoms. The summed E-state index contributed by atoms with van der Waals surface area (Å²) in [5.74, 6) is -0.180. The largest absolute Gasteiger partial charge is 0.463 e. The van der Waals surface area contributed by atoms with E-state index >= 15 is 0 Å². The average molecular weight is 246 g/mol. The van der Waals surface area contributed by atoms with Gasteiger partial charge in [-0.25, -0.2) is 0 Å². The lowest BCUT2D eigenvalue weighted by Gasteiger charge is -2.06. The fourth-order valence-electron chi connectivity index (χ4n) is 1.27. The van der Waals surface area contributed by atoms with Crippen molar-refractivity contribution in [3.8, 4) is 0 Å². The highest BCUT2D eigenvalue weighted by molar-refractivity contribution is 5.68. The first-order chi connectivity index (χ1) is 8.31. The van der Waals surface area contributed by atoms with Gasteiger partial charge in [0.1, 0.15) is 6.61 Å². The van der Waals surface area contributed by atoms with E-state index in [0.717, 1.165) is 13.0 Å². The maximum absolute atomic E-state index is 10.8. The number of rotatable bonds is 12. The van der Waals surface area contributed by atoms with Gasteiger partial charge in [-0.2, -0.15) is 0 Å². The minimum Gasteiger partial charge on any atom is -0.463 e. The van der Waals surface area contributed by atoms with E-state index < -0.39 is 0 Å². The van der Waals surface area contributed by atoms with Crippen molar-refractivity contribution in [2.24, 2.45) is 0 Å². The second-order valence-corrected chi connectivity index (χ2v) is 3.86. The molecule has 0 unspecified atom stereocenters. The number of hydrogen-bond donors (Lipinski definition) is 0. The van der Waals surface area contributed by atoms with Gasteiger partial charge in [0.25, 0.3) is 0 Å². The zero-order chi connectivity index (χ0) is 12.8. The van der Waals surface area contributed by atoms with Gasteiger partial charge in [-0.15, -0.1) is 0 Å². The van der Waals surface area contributed by atoms with Crippen molar-refractivity contribution in [1.29, 1.82) is 0 Å². The van der Waals surface area contributed by atoms with Crippen molar-refractivity contribution in [1.82, 2.24) is 0 Å². The van der Waals surface area contributed by atoms with E-state index in [1.54, 1.807) is 6.92 Å². The van der Waals surface area contributed by atoms with E-state index in [9.17, 15) is 4.79 Å². The summed E-state index contributed by atoms with van der Waals surface area (Å²) in [5, 5.41) is 0. The molecule has 17 heavy (non-hydrogen) atoms. The third-order valence-electron chi connectivity index (χ3n) is 2.29. The Hall–Kier alpha value is -0.610. The summed E-state index contributed by atoms with van der Waals surface area (Å²) >= 11 is 0. The number of unbranched alkanes of at least 4 members (excludes halogenated alkanes) is 3. The molecule has 0 aromatic heterocycles. The van der Waals surface area contributed by atoms with Gasteiger partial charge in [-0.1, -0.05) is 33.1 Å². The monoisotopic (exact) mass is 246 g/mol. The topological polar surface area (TPSA) is 44.8 Å². The molecule has 0 aromatic rings. The van der Waals surface area contributed by atoms with Crippen LogP contribution in [0.4, 0.5) is 0 Å². The minimum absolute atomic E-state index is 0.180. The van der Waals surface area contributed by atoms with Crippen LogP contribution < -0.4 is 0 Å². The summed E-state index contributed by atoms with van der Waals surface area (Å²) in [4.78, 5) is 10.8. The summed E-state index contributed by atoms with van der Waals surface area (Å²) in [6.07, 6.45) is 5.31. The molecule has 0 saturated carbocycles. The molecule has 0 amide bonds. The van der Waals surface area contributed by atoms with Gasteiger partial charge >= 0.3 is 5.97 Å². The first kappa shape index (κ1) is 16.4. The predicted octanol–water partition coefficient (Wildman–Crippen LogP) is 2.55. The highest BCUT2D eigenvalue weighted by Crippen LogP contribution is 1.98. The standard InChI is InChI=1S/C13H26O4/c1-3-5-6-7-8-15-9-10-16-11-12-17-13(14)4-2/h3-12H2,1-2H3. The van der Waals surface area contributed by atoms with Crippen LogP contribution >= 0.6 is 0 Å². The molecule has 0 saturated heterocycles. The third-order valence-corrected chi connectivity index (χ3v) is 2.29. The van der Waals surface area contributed by atoms with Crippen molar-refractivity contribution >= 4 is 5.97 Å². The van der Waals surface area contributed by atoms with Gasteiger partial charge in [0.05, 0.1) is 19.8 Å². The number of hydrogen-bond acceptors (Lipinski definition) is 4. The van der Waals surface area contributed by atoms with Crippen molar-refractivity contribution in [2.75, 3.05) is 33.0 Å². The van der Waals surface area contributed by atoms with E-state index in [4.69, 9.17) is 14.2 Å². The molecule has 0 fully saturated rings. The molecule has 0 aliphatic heterocycles. The molecule has 4 nitrogen and oxygen atoms in total. The average Bonchev–Trinajstić information content (AvgIpc) is 2.35. The molecule has 0 atom stereocenters. The summed E-state index contributed by atoms with van der Waals surface area (Å²) in [6, 6.07) is 0. The predicted molar refractivity (Wildman–Crippen MR) is 67.0 cm³/mol. The Bertz CT molecular complexity index is 171.